The van der Waals surface area contributed by atoms with Crippen molar-refractivity contribution in [1.29, 1.82) is 5.26 Å². The van der Waals surface area contributed by atoms with Crippen LogP contribution in [0.1, 0.15) is 12.5 Å². The highest BCUT2D eigenvalue weighted by Gasteiger charge is 2.10. The van der Waals surface area contributed by atoms with Gasteiger partial charge in [0.25, 0.3) is 10.1 Å². The number of nitriles is 1. The Morgan fingerprint density at radius 3 is 2.58 bits per heavy atom. The molecule has 26 heavy (non-hydrogen) atoms. The van der Waals surface area contributed by atoms with Crippen molar-refractivity contribution >= 4 is 27.1 Å². The van der Waals surface area contributed by atoms with Gasteiger partial charge in [-0.05, 0) is 43.3 Å². The monoisotopic (exact) mass is 385 g/mol. The van der Waals surface area contributed by atoms with Gasteiger partial charge in [-0.2, -0.15) is 13.7 Å². The fourth-order valence-electron chi connectivity index (χ4n) is 2.51. The molecule has 0 aliphatic rings. The smallest absolute Gasteiger partial charge is 0.294 e. The molecule has 0 radical (unpaired) electrons. The van der Waals surface area contributed by atoms with Gasteiger partial charge in [0.1, 0.15) is 0 Å². The van der Waals surface area contributed by atoms with Crippen molar-refractivity contribution in [2.75, 3.05) is 0 Å². The maximum atomic E-state index is 11.1. The first-order chi connectivity index (χ1) is 12.4. The van der Waals surface area contributed by atoms with E-state index in [9.17, 15) is 8.42 Å². The summed E-state index contributed by atoms with van der Waals surface area (Å²) in [5.74, 6) is 0. The van der Waals surface area contributed by atoms with Crippen LogP contribution < -0.4 is 4.80 Å². The van der Waals surface area contributed by atoms with E-state index in [0.29, 0.717) is 17.8 Å². The van der Waals surface area contributed by atoms with Gasteiger partial charge in [0.2, 0.25) is 0 Å². The van der Waals surface area contributed by atoms with E-state index in [2.05, 4.69) is 11.1 Å². The van der Waals surface area contributed by atoms with E-state index in [1.54, 1.807) is 18.2 Å². The minimum absolute atomic E-state index is 0.167. The molecule has 8 heteroatoms. The molecule has 0 spiro atoms. The molecule has 0 aliphatic heterocycles. The molecule has 1 aromatic heterocycles. The number of hydrogen-bond acceptors (Lipinski definition) is 5. The molecule has 6 nitrogen and oxygen atoms in total. The maximum absolute atomic E-state index is 11.1. The van der Waals surface area contributed by atoms with Gasteiger partial charge in [-0.3, -0.25) is 4.55 Å². The van der Waals surface area contributed by atoms with Gasteiger partial charge in [0.05, 0.1) is 27.9 Å². The van der Waals surface area contributed by atoms with Crippen LogP contribution in [0.2, 0.25) is 0 Å². The molecule has 0 bridgehead atoms. The molecule has 0 saturated carbocycles. The van der Waals surface area contributed by atoms with E-state index in [4.69, 9.17) is 9.81 Å². The summed E-state index contributed by atoms with van der Waals surface area (Å²) in [6.45, 7) is 2.70. The molecule has 0 unspecified atom stereocenters. The molecule has 1 heterocycles. The molecule has 0 saturated heterocycles. The molecule has 0 atom stereocenters. The molecule has 132 valence electrons. The highest BCUT2D eigenvalue weighted by atomic mass is 32.2. The van der Waals surface area contributed by atoms with Crippen LogP contribution in [-0.4, -0.2) is 17.5 Å². The predicted molar refractivity (Wildman–Crippen MR) is 99.6 cm³/mol. The molecule has 2 aromatic carbocycles. The van der Waals surface area contributed by atoms with Crippen molar-refractivity contribution in [3.8, 4) is 17.3 Å². The Bertz CT molecular complexity index is 1150. The zero-order chi connectivity index (χ0) is 18.7. The van der Waals surface area contributed by atoms with Gasteiger partial charge in [0, 0.05) is 17.5 Å². The molecule has 3 aromatic rings. The van der Waals surface area contributed by atoms with Gasteiger partial charge in [-0.1, -0.05) is 12.1 Å². The van der Waals surface area contributed by atoms with Gasteiger partial charge in [-0.15, -0.1) is 11.3 Å². The van der Waals surface area contributed by atoms with E-state index < -0.39 is 10.1 Å². The van der Waals surface area contributed by atoms with Gasteiger partial charge >= 0.3 is 0 Å². The third-order valence-corrected chi connectivity index (χ3v) is 5.49. The quantitative estimate of drug-likeness (QED) is 0.694. The number of benzene rings is 2. The minimum Gasteiger partial charge on any atom is -0.317 e. The van der Waals surface area contributed by atoms with Crippen LogP contribution in [0.15, 0.2) is 63.8 Å². The lowest BCUT2D eigenvalue weighted by atomic mass is 10.1. The van der Waals surface area contributed by atoms with Crippen LogP contribution in [0.3, 0.4) is 0 Å². The Hall–Kier alpha value is -2.73. The summed E-state index contributed by atoms with van der Waals surface area (Å²) in [5, 5.41) is 11.1. The second kappa shape index (κ2) is 7.25. The lowest BCUT2D eigenvalue weighted by molar-refractivity contribution is 0.483. The Kier molecular flexibility index (Phi) is 5.04. The number of aromatic nitrogens is 1. The summed E-state index contributed by atoms with van der Waals surface area (Å²) in [4.78, 5) is 5.15. The Morgan fingerprint density at radius 1 is 1.23 bits per heavy atom. The van der Waals surface area contributed by atoms with Crippen LogP contribution in [0, 0.1) is 11.3 Å². The summed E-state index contributed by atoms with van der Waals surface area (Å²) in [5.41, 5.74) is 3.07. The van der Waals surface area contributed by atoms with Crippen LogP contribution in [0.4, 0.5) is 5.69 Å². The maximum Gasteiger partial charge on any atom is 0.294 e. The Labute approximate surface area is 155 Å². The second-order valence-electron chi connectivity index (χ2n) is 5.42. The second-order valence-corrected chi connectivity index (χ2v) is 7.68. The normalized spacial score (nSPS) is 12.1. The molecule has 1 N–H and O–H groups in total. The van der Waals surface area contributed by atoms with Crippen molar-refractivity contribution < 1.29 is 13.0 Å². The molecule has 0 fully saturated rings. The zero-order valence-corrected chi connectivity index (χ0v) is 15.5. The van der Waals surface area contributed by atoms with Gasteiger partial charge in [-0.25, -0.2) is 4.99 Å². The number of rotatable bonds is 4. The first kappa shape index (κ1) is 18.1. The summed E-state index contributed by atoms with van der Waals surface area (Å²) < 4.78 is 33.3. The lowest BCUT2D eigenvalue weighted by Crippen LogP contribution is -2.14. The van der Waals surface area contributed by atoms with Crippen LogP contribution >= 0.6 is 11.3 Å². The number of hydrogen-bond donors (Lipinski definition) is 1. The molecular formula is C18H15N3O3S2. The van der Waals surface area contributed by atoms with Crippen molar-refractivity contribution in [2.24, 2.45) is 4.99 Å². The first-order valence-electron chi connectivity index (χ1n) is 7.73. The van der Waals surface area contributed by atoms with E-state index in [1.807, 2.05) is 35.1 Å². The van der Waals surface area contributed by atoms with Crippen molar-refractivity contribution in [1.82, 2.24) is 4.57 Å². The molecule has 0 amide bonds. The van der Waals surface area contributed by atoms with Crippen LogP contribution in [0.25, 0.3) is 11.3 Å². The van der Waals surface area contributed by atoms with Crippen molar-refractivity contribution in [3.05, 3.63) is 64.3 Å². The third kappa shape index (κ3) is 3.75. The summed E-state index contributed by atoms with van der Waals surface area (Å²) in [7, 11) is -4.21. The highest BCUT2D eigenvalue weighted by Crippen LogP contribution is 2.22. The van der Waals surface area contributed by atoms with Gasteiger partial charge < -0.3 is 4.57 Å². The average Bonchev–Trinajstić information content (AvgIpc) is 3.04. The fraction of sp³-hybridized carbons (Fsp3) is 0.111. The topological polar surface area (TPSA) is 95.5 Å². The minimum atomic E-state index is -4.21. The summed E-state index contributed by atoms with van der Waals surface area (Å²) in [6.07, 6.45) is 0. The van der Waals surface area contributed by atoms with E-state index >= 15 is 0 Å². The van der Waals surface area contributed by atoms with Gasteiger partial charge in [0.15, 0.2) is 4.80 Å². The predicted octanol–water partition coefficient (Wildman–Crippen LogP) is 3.59. The lowest BCUT2D eigenvalue weighted by Gasteiger charge is -2.06. The van der Waals surface area contributed by atoms with E-state index in [0.717, 1.165) is 16.1 Å². The van der Waals surface area contributed by atoms with E-state index in [-0.39, 0.29) is 4.90 Å². The summed E-state index contributed by atoms with van der Waals surface area (Å²) in [6, 6.07) is 15.2. The van der Waals surface area contributed by atoms with E-state index in [1.165, 1.54) is 23.5 Å². The summed E-state index contributed by atoms with van der Waals surface area (Å²) >= 11 is 1.46. The molecule has 0 aliphatic carbocycles. The fourth-order valence-corrected chi connectivity index (χ4v) is 3.98. The Balaban J connectivity index is 2.05. The average molecular weight is 385 g/mol. The number of nitrogens with zero attached hydrogens (tertiary/aromatic N) is 3. The van der Waals surface area contributed by atoms with Crippen LogP contribution in [0.5, 0.6) is 0 Å². The van der Waals surface area contributed by atoms with Crippen molar-refractivity contribution in [3.63, 3.8) is 0 Å². The Morgan fingerprint density at radius 2 is 1.96 bits per heavy atom. The standard InChI is InChI=1S/C18H15N3O3S2/c1-2-21-17(14-5-3-4-13(10-14)11-19)12-25-18(21)20-15-6-8-16(9-7-15)26(22,23)24/h3-10,12H,2H2,1H3,(H,22,23,24). The molecular weight excluding hydrogens is 370 g/mol. The number of thiazole rings is 1. The van der Waals surface area contributed by atoms with Crippen LogP contribution in [-0.2, 0) is 16.7 Å². The third-order valence-electron chi connectivity index (χ3n) is 3.76. The largest absolute Gasteiger partial charge is 0.317 e. The first-order valence-corrected chi connectivity index (χ1v) is 10.1. The van der Waals surface area contributed by atoms with Crippen molar-refractivity contribution in [2.45, 2.75) is 18.4 Å². The zero-order valence-electron chi connectivity index (χ0n) is 13.8. The molecule has 3 rings (SSSR count). The SMILES string of the molecule is CCn1c(-c2cccc(C#N)c2)csc1=Nc1ccc(S(=O)(=O)O)cc1. The highest BCUT2D eigenvalue weighted by molar-refractivity contribution is 7.85.